The molecule has 0 saturated carbocycles. The molecule has 0 aliphatic carbocycles. The Balaban J connectivity index is 1.54. The zero-order valence-electron chi connectivity index (χ0n) is 26.7. The summed E-state index contributed by atoms with van der Waals surface area (Å²) in [4.78, 5) is 108. The number of carbonyl (C=O) groups excluding carboxylic acids is 7. The van der Waals surface area contributed by atoms with Crippen molar-refractivity contribution < 1.29 is 72.3 Å². The van der Waals surface area contributed by atoms with E-state index in [-0.39, 0.29) is 69.6 Å². The molecule has 0 fully saturated rings. The molecule has 50 heavy (non-hydrogen) atoms. The van der Waals surface area contributed by atoms with Gasteiger partial charge in [0, 0.05) is 24.3 Å². The van der Waals surface area contributed by atoms with Crippen molar-refractivity contribution in [3.63, 3.8) is 0 Å². The van der Waals surface area contributed by atoms with Crippen LogP contribution in [0.1, 0.15) is 20.7 Å². The number of hydrogen-bond donors (Lipinski definition) is 4. The lowest BCUT2D eigenvalue weighted by Gasteiger charge is -2.21. The topological polar surface area (TPSA) is 262 Å². The summed E-state index contributed by atoms with van der Waals surface area (Å²) in [5.41, 5.74) is -0.00796. The van der Waals surface area contributed by atoms with Gasteiger partial charge in [-0.05, 0) is 12.1 Å². The van der Waals surface area contributed by atoms with Crippen LogP contribution in [0.15, 0.2) is 36.4 Å². The number of nitrogens with zero attached hydrogens (tertiary/aromatic N) is 2. The average Bonchev–Trinajstić information content (AvgIpc) is 3.41. The number of amides is 5. The first-order valence-electron chi connectivity index (χ1n) is 14.8. The van der Waals surface area contributed by atoms with Gasteiger partial charge < -0.3 is 44.7 Å². The van der Waals surface area contributed by atoms with E-state index in [2.05, 4.69) is 10.6 Å². The number of rotatable bonds is 24. The quantitative estimate of drug-likeness (QED) is 0.0507. The van der Waals surface area contributed by atoms with Crippen molar-refractivity contribution in [1.82, 2.24) is 20.4 Å². The summed E-state index contributed by atoms with van der Waals surface area (Å²) < 4.78 is 20.6. The Kier molecular flexibility index (Phi) is 18.4. The van der Waals surface area contributed by atoms with Gasteiger partial charge in [-0.15, -0.1) is 0 Å². The van der Waals surface area contributed by atoms with E-state index in [1.807, 2.05) is 0 Å². The monoisotopic (exact) mass is 724 g/mol. The Morgan fingerprint density at radius 3 is 2.10 bits per heavy atom. The fourth-order valence-corrected chi connectivity index (χ4v) is 4.40. The Morgan fingerprint density at radius 1 is 0.780 bits per heavy atom. The van der Waals surface area contributed by atoms with Crippen LogP contribution in [0.4, 0.5) is 0 Å². The summed E-state index contributed by atoms with van der Waals surface area (Å²) in [5, 5.41) is 22.1. The number of aromatic carboxylic acids is 1. The van der Waals surface area contributed by atoms with Gasteiger partial charge in [0.25, 0.3) is 11.8 Å². The third-order valence-corrected chi connectivity index (χ3v) is 7.09. The number of carboxylic acid groups (broad SMARTS) is 2. The number of aliphatic carboxylic acids is 1. The normalized spacial score (nSPS) is 12.0. The maximum Gasteiger partial charge on any atom is 0.335 e. The smallest absolute Gasteiger partial charge is 0.335 e. The van der Waals surface area contributed by atoms with Crippen LogP contribution in [-0.2, 0) is 52.5 Å². The molecule has 1 aliphatic heterocycles. The molecule has 5 amide bonds. The number of carbonyl (C=O) groups is 9. The van der Waals surface area contributed by atoms with Gasteiger partial charge in [-0.25, -0.2) is 9.59 Å². The van der Waals surface area contributed by atoms with Crippen molar-refractivity contribution in [3.05, 3.63) is 47.5 Å². The van der Waals surface area contributed by atoms with E-state index in [4.69, 9.17) is 29.2 Å². The van der Waals surface area contributed by atoms with Crippen molar-refractivity contribution in [2.75, 3.05) is 84.7 Å². The maximum absolute atomic E-state index is 12.5. The summed E-state index contributed by atoms with van der Waals surface area (Å²) >= 11 is 0.600. The van der Waals surface area contributed by atoms with Gasteiger partial charge in [-0.3, -0.25) is 38.5 Å². The highest BCUT2D eigenvalue weighted by atomic mass is 32.2. The number of nitrogens with one attached hydrogen (secondary N) is 2. The molecule has 0 radical (unpaired) electrons. The van der Waals surface area contributed by atoms with Crippen LogP contribution in [0, 0.1) is 0 Å². The zero-order valence-corrected chi connectivity index (χ0v) is 27.5. The first-order chi connectivity index (χ1) is 23.9. The van der Waals surface area contributed by atoms with E-state index in [0.717, 1.165) is 9.80 Å². The minimum absolute atomic E-state index is 0.0577. The third-order valence-electron chi connectivity index (χ3n) is 6.19. The van der Waals surface area contributed by atoms with Gasteiger partial charge in [0.2, 0.25) is 22.8 Å². The molecular formula is C30H36N4O15S. The number of carboxylic acids is 2. The van der Waals surface area contributed by atoms with Crippen molar-refractivity contribution in [2.45, 2.75) is 0 Å². The molecular weight excluding hydrogens is 688 g/mol. The van der Waals surface area contributed by atoms with Crippen molar-refractivity contribution in [3.8, 4) is 0 Å². The second kappa shape index (κ2) is 22.5. The molecule has 0 unspecified atom stereocenters. The van der Waals surface area contributed by atoms with Crippen LogP contribution in [0.5, 0.6) is 0 Å². The molecule has 0 spiro atoms. The molecule has 272 valence electrons. The van der Waals surface area contributed by atoms with Gasteiger partial charge >= 0.3 is 17.9 Å². The largest absolute Gasteiger partial charge is 0.480 e. The van der Waals surface area contributed by atoms with Gasteiger partial charge in [-0.2, -0.15) is 0 Å². The predicted molar refractivity (Wildman–Crippen MR) is 170 cm³/mol. The first-order valence-corrected chi connectivity index (χ1v) is 15.8. The van der Waals surface area contributed by atoms with E-state index in [1.165, 1.54) is 36.4 Å². The summed E-state index contributed by atoms with van der Waals surface area (Å²) in [7, 11) is 0. The predicted octanol–water partition coefficient (Wildman–Crippen LogP) is -2.08. The molecule has 1 aromatic rings. The number of thioether (sulfide) groups is 1. The second-order valence-corrected chi connectivity index (χ2v) is 10.8. The molecule has 1 aromatic carbocycles. The fourth-order valence-electron chi connectivity index (χ4n) is 3.74. The van der Waals surface area contributed by atoms with Crippen molar-refractivity contribution >= 4 is 64.3 Å². The van der Waals surface area contributed by atoms with Crippen LogP contribution in [-0.4, -0.2) is 157 Å². The number of hydrogen-bond acceptors (Lipinski definition) is 14. The Bertz CT molecular complexity index is 1430. The highest BCUT2D eigenvalue weighted by molar-refractivity contribution is 8.14. The maximum atomic E-state index is 12.5. The first kappa shape index (κ1) is 41.0. The Labute approximate surface area is 289 Å². The van der Waals surface area contributed by atoms with Gasteiger partial charge in [0.15, 0.2) is 0 Å². The van der Waals surface area contributed by atoms with Crippen LogP contribution in [0.2, 0.25) is 0 Å². The molecule has 20 heteroatoms. The van der Waals surface area contributed by atoms with Crippen LogP contribution in [0.3, 0.4) is 0 Å². The summed E-state index contributed by atoms with van der Waals surface area (Å²) in [6.45, 7) is -2.22. The molecule has 4 N–H and O–H groups in total. The molecule has 0 atom stereocenters. The van der Waals surface area contributed by atoms with E-state index in [9.17, 15) is 43.2 Å². The van der Waals surface area contributed by atoms with Crippen LogP contribution in [0.25, 0.3) is 0 Å². The molecule has 0 aromatic heterocycles. The van der Waals surface area contributed by atoms with Crippen molar-refractivity contribution in [2.24, 2.45) is 0 Å². The zero-order chi connectivity index (χ0) is 36.9. The summed E-state index contributed by atoms with van der Waals surface area (Å²) in [6, 6.07) is 5.26. The highest BCUT2D eigenvalue weighted by Gasteiger charge is 2.22. The van der Waals surface area contributed by atoms with Crippen LogP contribution < -0.4 is 10.6 Å². The Hall–Kier alpha value is -5.18. The summed E-state index contributed by atoms with van der Waals surface area (Å²) in [6.07, 6.45) is 2.36. The minimum atomic E-state index is -1.34. The molecule has 1 aliphatic rings. The number of benzene rings is 1. The molecule has 19 nitrogen and oxygen atoms in total. The third kappa shape index (κ3) is 16.3. The molecule has 0 saturated heterocycles. The number of ether oxygens (including phenoxy) is 4. The average molecular weight is 725 g/mol. The molecule has 1 heterocycles. The minimum Gasteiger partial charge on any atom is -0.480 e. The molecule has 0 bridgehead atoms. The highest BCUT2D eigenvalue weighted by Crippen LogP contribution is 2.14. The van der Waals surface area contributed by atoms with Gasteiger partial charge in [0.05, 0.1) is 64.0 Å². The van der Waals surface area contributed by atoms with Gasteiger partial charge in [-0.1, -0.05) is 23.9 Å². The number of esters is 1. The second-order valence-electron chi connectivity index (χ2n) is 9.88. The fraction of sp³-hybridized carbons (Fsp3) is 0.433. The lowest BCUT2D eigenvalue weighted by Crippen LogP contribution is -2.46. The lowest BCUT2D eigenvalue weighted by atomic mass is 10.1. The lowest BCUT2D eigenvalue weighted by molar-refractivity contribution is -0.151. The van der Waals surface area contributed by atoms with E-state index in [0.29, 0.717) is 11.8 Å². The van der Waals surface area contributed by atoms with Gasteiger partial charge in [0.1, 0.15) is 19.8 Å². The van der Waals surface area contributed by atoms with E-state index >= 15 is 0 Å². The van der Waals surface area contributed by atoms with E-state index < -0.39 is 78.8 Å². The van der Waals surface area contributed by atoms with Crippen LogP contribution >= 0.6 is 11.8 Å². The van der Waals surface area contributed by atoms with E-state index in [1.54, 1.807) is 0 Å². The Morgan fingerprint density at radius 2 is 1.42 bits per heavy atom. The molecule has 2 rings (SSSR count). The number of imide groups is 1. The summed E-state index contributed by atoms with van der Waals surface area (Å²) in [5.74, 6) is -6.67. The van der Waals surface area contributed by atoms with Crippen molar-refractivity contribution in [1.29, 1.82) is 0 Å². The SMILES string of the molecule is O=C(O)CN(CCOCC(=O)OCCOCCOCCN1C(=O)C=CC1=O)C(=O)CNC(=O)CNC(=O)CSC(=O)c1cccc(C(=O)O)c1. The standard InChI is InChI=1S/C30H36N4O15S/c35-22(15-31-23(36)19-50-30(45)21-3-1-2-20(14-21)29(43)44)32-16-26(39)33(17-27(40)41)6-8-48-18-28(42)49-13-12-47-11-10-46-9-7-34-24(37)4-5-25(34)38/h1-5,14H,6-13,15-19H2,(H,31,36)(H,32,35)(H,40,41)(H,43,44).